The van der Waals surface area contributed by atoms with Crippen LogP contribution in [0.1, 0.15) is 35.2 Å². The Morgan fingerprint density at radius 2 is 2.24 bits per heavy atom. The van der Waals surface area contributed by atoms with Crippen molar-refractivity contribution >= 4 is 17.6 Å². The van der Waals surface area contributed by atoms with Crippen molar-refractivity contribution in [1.29, 1.82) is 0 Å². The maximum atomic E-state index is 12.4. The lowest BCUT2D eigenvalue weighted by Gasteiger charge is -2.18. The third-order valence-electron chi connectivity index (χ3n) is 4.46. The number of carboxylic acid groups (broad SMARTS) is 1. The highest BCUT2D eigenvalue weighted by molar-refractivity contribution is 5.97. The van der Waals surface area contributed by atoms with Gasteiger partial charge in [0.2, 0.25) is 5.91 Å². The standard InChI is InChI=1S/C16H20N2O3/c19-15(4-1-11-5-7-17-10-11)18-8-6-12-2-3-13(16(20)21)9-14(12)18/h2-3,9,11,17H,1,4-8,10H2,(H,20,21). The summed E-state index contributed by atoms with van der Waals surface area (Å²) in [5.74, 6) is -0.237. The van der Waals surface area contributed by atoms with E-state index in [1.54, 1.807) is 17.0 Å². The van der Waals surface area contributed by atoms with Gasteiger partial charge in [-0.25, -0.2) is 4.79 Å². The number of anilines is 1. The summed E-state index contributed by atoms with van der Waals surface area (Å²) < 4.78 is 0. The molecule has 2 N–H and O–H groups in total. The zero-order chi connectivity index (χ0) is 14.8. The second-order valence-corrected chi connectivity index (χ2v) is 5.84. The molecule has 21 heavy (non-hydrogen) atoms. The van der Waals surface area contributed by atoms with E-state index in [4.69, 9.17) is 5.11 Å². The van der Waals surface area contributed by atoms with Gasteiger partial charge in [-0.05, 0) is 56.0 Å². The predicted molar refractivity (Wildman–Crippen MR) is 79.7 cm³/mol. The summed E-state index contributed by atoms with van der Waals surface area (Å²) in [5, 5.41) is 12.4. The van der Waals surface area contributed by atoms with Gasteiger partial charge in [0.25, 0.3) is 0 Å². The number of amides is 1. The van der Waals surface area contributed by atoms with Crippen molar-refractivity contribution in [2.75, 3.05) is 24.5 Å². The number of carbonyl (C=O) groups is 2. The van der Waals surface area contributed by atoms with E-state index in [0.717, 1.165) is 43.6 Å². The number of benzene rings is 1. The summed E-state index contributed by atoms with van der Waals surface area (Å²) in [6.45, 7) is 2.72. The van der Waals surface area contributed by atoms with Crippen LogP contribution < -0.4 is 10.2 Å². The first-order chi connectivity index (χ1) is 10.1. The van der Waals surface area contributed by atoms with Gasteiger partial charge in [0.1, 0.15) is 0 Å². The average Bonchev–Trinajstić information content (AvgIpc) is 3.13. The molecule has 1 fully saturated rings. The number of fused-ring (bicyclic) bond motifs is 1. The van der Waals surface area contributed by atoms with Crippen LogP contribution in [0.15, 0.2) is 18.2 Å². The maximum absolute atomic E-state index is 12.4. The smallest absolute Gasteiger partial charge is 0.335 e. The Kier molecular flexibility index (Phi) is 3.92. The fourth-order valence-electron chi connectivity index (χ4n) is 3.19. The molecule has 2 heterocycles. The van der Waals surface area contributed by atoms with Crippen molar-refractivity contribution < 1.29 is 14.7 Å². The van der Waals surface area contributed by atoms with Gasteiger partial charge in [-0.3, -0.25) is 4.79 Å². The molecule has 112 valence electrons. The lowest BCUT2D eigenvalue weighted by molar-refractivity contribution is -0.118. The molecule has 0 saturated carbocycles. The topological polar surface area (TPSA) is 69.6 Å². The predicted octanol–water partition coefficient (Wildman–Crippen LogP) is 1.66. The van der Waals surface area contributed by atoms with Gasteiger partial charge in [0.05, 0.1) is 5.56 Å². The molecule has 1 amide bonds. The van der Waals surface area contributed by atoms with Gasteiger partial charge in [-0.2, -0.15) is 0 Å². The zero-order valence-electron chi connectivity index (χ0n) is 12.0. The molecule has 2 aliphatic heterocycles. The van der Waals surface area contributed by atoms with Crippen LogP contribution in [-0.4, -0.2) is 36.6 Å². The third-order valence-corrected chi connectivity index (χ3v) is 4.46. The number of rotatable bonds is 4. The Morgan fingerprint density at radius 1 is 1.38 bits per heavy atom. The van der Waals surface area contributed by atoms with Crippen LogP contribution in [0, 0.1) is 5.92 Å². The Hall–Kier alpha value is -1.88. The molecule has 5 heteroatoms. The highest BCUT2D eigenvalue weighted by Gasteiger charge is 2.26. The summed E-state index contributed by atoms with van der Waals surface area (Å²) in [7, 11) is 0. The highest BCUT2D eigenvalue weighted by Crippen LogP contribution is 2.30. The third kappa shape index (κ3) is 2.93. The fraction of sp³-hybridized carbons (Fsp3) is 0.500. The van der Waals surface area contributed by atoms with Gasteiger partial charge < -0.3 is 15.3 Å². The van der Waals surface area contributed by atoms with Crippen molar-refractivity contribution in [2.24, 2.45) is 5.92 Å². The van der Waals surface area contributed by atoms with Gasteiger partial charge in [-0.1, -0.05) is 6.07 Å². The van der Waals surface area contributed by atoms with Gasteiger partial charge in [0.15, 0.2) is 0 Å². The minimum absolute atomic E-state index is 0.114. The number of hydrogen-bond donors (Lipinski definition) is 2. The zero-order valence-corrected chi connectivity index (χ0v) is 12.0. The van der Waals surface area contributed by atoms with Crippen LogP contribution in [-0.2, 0) is 11.2 Å². The normalized spacial score (nSPS) is 20.6. The summed E-state index contributed by atoms with van der Waals surface area (Å²) in [4.78, 5) is 25.2. The minimum Gasteiger partial charge on any atom is -0.478 e. The maximum Gasteiger partial charge on any atom is 0.335 e. The molecule has 0 aromatic heterocycles. The number of nitrogens with one attached hydrogen (secondary N) is 1. The molecule has 0 radical (unpaired) electrons. The minimum atomic E-state index is -0.950. The summed E-state index contributed by atoms with van der Waals surface area (Å²) in [5.41, 5.74) is 2.09. The van der Waals surface area contributed by atoms with E-state index in [1.807, 2.05) is 6.07 Å². The SMILES string of the molecule is O=C(O)c1ccc2c(c1)N(C(=O)CCC1CCNC1)CC2. The molecular weight excluding hydrogens is 268 g/mol. The average molecular weight is 288 g/mol. The molecular formula is C16H20N2O3. The van der Waals surface area contributed by atoms with Crippen molar-refractivity contribution in [2.45, 2.75) is 25.7 Å². The molecule has 1 aromatic carbocycles. The van der Waals surface area contributed by atoms with Crippen LogP contribution in [0.4, 0.5) is 5.69 Å². The van der Waals surface area contributed by atoms with Gasteiger partial charge in [0, 0.05) is 18.7 Å². The first-order valence-electron chi connectivity index (χ1n) is 7.52. The van der Waals surface area contributed by atoms with Crippen LogP contribution in [0.25, 0.3) is 0 Å². The largest absolute Gasteiger partial charge is 0.478 e. The first kappa shape index (κ1) is 14.1. The van der Waals surface area contributed by atoms with E-state index < -0.39 is 5.97 Å². The lowest BCUT2D eigenvalue weighted by atomic mass is 10.0. The fourth-order valence-corrected chi connectivity index (χ4v) is 3.19. The molecule has 1 saturated heterocycles. The molecule has 0 spiro atoms. The molecule has 1 atom stereocenters. The highest BCUT2D eigenvalue weighted by atomic mass is 16.4. The molecule has 1 unspecified atom stereocenters. The van der Waals surface area contributed by atoms with Crippen LogP contribution in [0.5, 0.6) is 0 Å². The second kappa shape index (κ2) is 5.85. The van der Waals surface area contributed by atoms with Gasteiger partial charge in [-0.15, -0.1) is 0 Å². The lowest BCUT2D eigenvalue weighted by Crippen LogP contribution is -2.29. The van der Waals surface area contributed by atoms with E-state index in [-0.39, 0.29) is 11.5 Å². The van der Waals surface area contributed by atoms with Crippen LogP contribution in [0.2, 0.25) is 0 Å². The van der Waals surface area contributed by atoms with Crippen molar-refractivity contribution in [3.63, 3.8) is 0 Å². The summed E-state index contributed by atoms with van der Waals surface area (Å²) in [6, 6.07) is 5.06. The quantitative estimate of drug-likeness (QED) is 0.884. The monoisotopic (exact) mass is 288 g/mol. The van der Waals surface area contributed by atoms with Crippen molar-refractivity contribution in [1.82, 2.24) is 5.32 Å². The van der Waals surface area contributed by atoms with Gasteiger partial charge >= 0.3 is 5.97 Å². The van der Waals surface area contributed by atoms with E-state index in [9.17, 15) is 9.59 Å². The Bertz CT molecular complexity index is 565. The molecule has 5 nitrogen and oxygen atoms in total. The van der Waals surface area contributed by atoms with Crippen molar-refractivity contribution in [3.8, 4) is 0 Å². The van der Waals surface area contributed by atoms with Crippen LogP contribution in [0.3, 0.4) is 0 Å². The van der Waals surface area contributed by atoms with E-state index >= 15 is 0 Å². The summed E-state index contributed by atoms with van der Waals surface area (Å²) >= 11 is 0. The molecule has 3 rings (SSSR count). The number of hydrogen-bond acceptors (Lipinski definition) is 3. The Balaban J connectivity index is 1.68. The van der Waals surface area contributed by atoms with E-state index in [1.165, 1.54) is 0 Å². The second-order valence-electron chi connectivity index (χ2n) is 5.84. The number of carbonyl (C=O) groups excluding carboxylic acids is 1. The summed E-state index contributed by atoms with van der Waals surface area (Å²) in [6.07, 6.45) is 3.42. The first-order valence-corrected chi connectivity index (χ1v) is 7.52. The molecule has 0 aliphatic carbocycles. The van der Waals surface area contributed by atoms with E-state index in [2.05, 4.69) is 5.32 Å². The molecule has 0 bridgehead atoms. The number of nitrogens with zero attached hydrogens (tertiary/aromatic N) is 1. The molecule has 2 aliphatic rings. The Labute approximate surface area is 123 Å². The van der Waals surface area contributed by atoms with Crippen LogP contribution >= 0.6 is 0 Å². The molecule has 1 aromatic rings. The van der Waals surface area contributed by atoms with Crippen molar-refractivity contribution in [3.05, 3.63) is 29.3 Å². The Morgan fingerprint density at radius 3 is 2.95 bits per heavy atom. The number of aromatic carboxylic acids is 1. The number of carboxylic acids is 1. The van der Waals surface area contributed by atoms with E-state index in [0.29, 0.717) is 18.9 Å².